The zero-order valence-electron chi connectivity index (χ0n) is 12.2. The van der Waals surface area contributed by atoms with Gasteiger partial charge in [-0.2, -0.15) is 0 Å². The number of hydrogen-bond acceptors (Lipinski definition) is 2. The second kappa shape index (κ2) is 8.80. The smallest absolute Gasteiger partial charge is 0.212 e. The van der Waals surface area contributed by atoms with Crippen LogP contribution in [0.5, 0.6) is 0 Å². The third kappa shape index (κ3) is 6.37. The first-order valence-electron chi connectivity index (χ1n) is 7.06. The molecule has 1 rings (SSSR count). The highest BCUT2D eigenvalue weighted by atomic mass is 79.9. The molecular formula is C15H24BrNO2S. The van der Waals surface area contributed by atoms with Gasteiger partial charge in [0.1, 0.15) is 0 Å². The number of sulfonamides is 1. The Labute approximate surface area is 131 Å². The maximum atomic E-state index is 12.1. The van der Waals surface area contributed by atoms with Gasteiger partial charge in [-0.25, -0.2) is 13.1 Å². The van der Waals surface area contributed by atoms with Crippen molar-refractivity contribution in [3.05, 3.63) is 35.9 Å². The van der Waals surface area contributed by atoms with Crippen LogP contribution >= 0.6 is 15.9 Å². The monoisotopic (exact) mass is 361 g/mol. The molecule has 0 aliphatic rings. The molecule has 1 aromatic rings. The summed E-state index contributed by atoms with van der Waals surface area (Å²) >= 11 is 3.40. The van der Waals surface area contributed by atoms with E-state index in [1.165, 1.54) is 0 Å². The van der Waals surface area contributed by atoms with Crippen LogP contribution < -0.4 is 4.72 Å². The van der Waals surface area contributed by atoms with Crippen LogP contribution in [0.25, 0.3) is 0 Å². The lowest BCUT2D eigenvalue weighted by Gasteiger charge is -2.17. The van der Waals surface area contributed by atoms with Crippen molar-refractivity contribution in [3.8, 4) is 0 Å². The van der Waals surface area contributed by atoms with Crippen LogP contribution in [0.2, 0.25) is 0 Å². The zero-order valence-corrected chi connectivity index (χ0v) is 14.6. The summed E-state index contributed by atoms with van der Waals surface area (Å²) in [7, 11) is -3.22. The Bertz CT molecular complexity index is 476. The summed E-state index contributed by atoms with van der Waals surface area (Å²) in [4.78, 5) is 0. The Balaban J connectivity index is 2.53. The minimum Gasteiger partial charge on any atom is -0.215 e. The van der Waals surface area contributed by atoms with E-state index in [0.29, 0.717) is 12.5 Å². The molecule has 0 aliphatic carbocycles. The molecule has 20 heavy (non-hydrogen) atoms. The number of rotatable bonds is 9. The second-order valence-electron chi connectivity index (χ2n) is 5.19. The maximum absolute atomic E-state index is 12.1. The summed E-state index contributed by atoms with van der Waals surface area (Å²) < 4.78 is 27.0. The van der Waals surface area contributed by atoms with E-state index in [1.807, 2.05) is 37.3 Å². The van der Waals surface area contributed by atoms with Crippen LogP contribution in [0, 0.1) is 5.92 Å². The van der Waals surface area contributed by atoms with Gasteiger partial charge in [-0.3, -0.25) is 0 Å². The van der Waals surface area contributed by atoms with Crippen LogP contribution in [-0.4, -0.2) is 26.0 Å². The standard InChI is InChI=1S/C15H24BrNO2S/c1-3-14(9-10-16)11-17-20(18,19)12-13(2)15-7-5-4-6-8-15/h4-8,13-14,17H,3,9-12H2,1-2H3. The molecule has 2 atom stereocenters. The molecule has 2 unspecified atom stereocenters. The first-order valence-corrected chi connectivity index (χ1v) is 9.84. The van der Waals surface area contributed by atoms with Crippen molar-refractivity contribution in [2.75, 3.05) is 17.6 Å². The molecule has 0 aromatic heterocycles. The summed E-state index contributed by atoms with van der Waals surface area (Å²) in [6.07, 6.45) is 1.98. The van der Waals surface area contributed by atoms with Gasteiger partial charge in [-0.1, -0.05) is 66.5 Å². The van der Waals surface area contributed by atoms with Gasteiger partial charge in [-0.05, 0) is 23.8 Å². The number of halogens is 1. The lowest BCUT2D eigenvalue weighted by molar-refractivity contribution is 0.482. The normalized spacial score (nSPS) is 14.9. The van der Waals surface area contributed by atoms with Crippen LogP contribution in [-0.2, 0) is 10.0 Å². The number of benzene rings is 1. The molecule has 0 bridgehead atoms. The van der Waals surface area contributed by atoms with Gasteiger partial charge >= 0.3 is 0 Å². The summed E-state index contributed by atoms with van der Waals surface area (Å²) in [6.45, 7) is 4.57. The van der Waals surface area contributed by atoms with Crippen LogP contribution in [0.4, 0.5) is 0 Å². The summed E-state index contributed by atoms with van der Waals surface area (Å²) in [5, 5.41) is 0.910. The van der Waals surface area contributed by atoms with E-state index >= 15 is 0 Å². The fourth-order valence-corrected chi connectivity index (χ4v) is 4.22. The van der Waals surface area contributed by atoms with Gasteiger partial charge in [0, 0.05) is 11.9 Å². The fourth-order valence-electron chi connectivity index (χ4n) is 2.12. The molecule has 1 N–H and O–H groups in total. The Kier molecular flexibility index (Phi) is 7.77. The average molecular weight is 362 g/mol. The molecule has 0 saturated carbocycles. The van der Waals surface area contributed by atoms with Gasteiger partial charge in [0.05, 0.1) is 5.75 Å². The highest BCUT2D eigenvalue weighted by molar-refractivity contribution is 9.09. The number of hydrogen-bond donors (Lipinski definition) is 1. The van der Waals surface area contributed by atoms with E-state index < -0.39 is 10.0 Å². The predicted octanol–water partition coefficient (Wildman–Crippen LogP) is 3.52. The van der Waals surface area contributed by atoms with Crippen molar-refractivity contribution in [1.29, 1.82) is 0 Å². The number of alkyl halides is 1. The van der Waals surface area contributed by atoms with Gasteiger partial charge in [0.25, 0.3) is 0 Å². The molecular weight excluding hydrogens is 338 g/mol. The highest BCUT2D eigenvalue weighted by Gasteiger charge is 2.18. The van der Waals surface area contributed by atoms with Crippen molar-refractivity contribution in [2.45, 2.75) is 32.6 Å². The van der Waals surface area contributed by atoms with E-state index in [1.54, 1.807) is 0 Å². The van der Waals surface area contributed by atoms with E-state index in [0.717, 1.165) is 23.7 Å². The van der Waals surface area contributed by atoms with Crippen molar-refractivity contribution >= 4 is 26.0 Å². The average Bonchev–Trinajstić information content (AvgIpc) is 2.44. The van der Waals surface area contributed by atoms with Crippen LogP contribution in [0.15, 0.2) is 30.3 Å². The third-order valence-corrected chi connectivity index (χ3v) is 5.53. The Morgan fingerprint density at radius 3 is 2.45 bits per heavy atom. The van der Waals surface area contributed by atoms with Gasteiger partial charge in [0.15, 0.2) is 0 Å². The molecule has 0 saturated heterocycles. The molecule has 0 radical (unpaired) electrons. The van der Waals surface area contributed by atoms with Crippen molar-refractivity contribution in [1.82, 2.24) is 4.72 Å². The number of nitrogens with one attached hydrogen (secondary N) is 1. The van der Waals surface area contributed by atoms with E-state index in [2.05, 4.69) is 27.6 Å². The lowest BCUT2D eigenvalue weighted by Crippen LogP contribution is -2.32. The quantitative estimate of drug-likeness (QED) is 0.684. The Morgan fingerprint density at radius 1 is 1.25 bits per heavy atom. The molecule has 5 heteroatoms. The lowest BCUT2D eigenvalue weighted by atomic mass is 10.0. The van der Waals surface area contributed by atoms with E-state index in [4.69, 9.17) is 0 Å². The largest absolute Gasteiger partial charge is 0.215 e. The first kappa shape index (κ1) is 17.7. The second-order valence-corrected chi connectivity index (χ2v) is 7.84. The van der Waals surface area contributed by atoms with Crippen LogP contribution in [0.3, 0.4) is 0 Å². The van der Waals surface area contributed by atoms with Crippen LogP contribution in [0.1, 0.15) is 38.2 Å². The maximum Gasteiger partial charge on any atom is 0.212 e. The molecule has 0 aliphatic heterocycles. The zero-order chi connectivity index (χ0) is 15.0. The Hall–Kier alpha value is -0.390. The SMILES string of the molecule is CCC(CCBr)CNS(=O)(=O)CC(C)c1ccccc1. The Morgan fingerprint density at radius 2 is 1.90 bits per heavy atom. The minimum absolute atomic E-state index is 0.00458. The van der Waals surface area contributed by atoms with Gasteiger partial charge in [-0.15, -0.1) is 0 Å². The van der Waals surface area contributed by atoms with E-state index in [9.17, 15) is 8.42 Å². The van der Waals surface area contributed by atoms with Crippen molar-refractivity contribution in [2.24, 2.45) is 5.92 Å². The van der Waals surface area contributed by atoms with Gasteiger partial charge in [0.2, 0.25) is 10.0 Å². The molecule has 1 aromatic carbocycles. The third-order valence-electron chi connectivity index (χ3n) is 3.52. The summed E-state index contributed by atoms with van der Waals surface area (Å²) in [6, 6.07) is 9.76. The molecule has 0 spiro atoms. The molecule has 0 fully saturated rings. The van der Waals surface area contributed by atoms with Crippen molar-refractivity contribution < 1.29 is 8.42 Å². The fraction of sp³-hybridized carbons (Fsp3) is 0.600. The molecule has 3 nitrogen and oxygen atoms in total. The molecule has 0 heterocycles. The summed E-state index contributed by atoms with van der Waals surface area (Å²) in [5.41, 5.74) is 1.06. The first-order chi connectivity index (χ1) is 9.48. The topological polar surface area (TPSA) is 46.2 Å². The highest BCUT2D eigenvalue weighted by Crippen LogP contribution is 2.16. The molecule has 114 valence electrons. The predicted molar refractivity (Wildman–Crippen MR) is 88.8 cm³/mol. The van der Waals surface area contributed by atoms with E-state index in [-0.39, 0.29) is 11.7 Å². The van der Waals surface area contributed by atoms with Crippen molar-refractivity contribution in [3.63, 3.8) is 0 Å². The minimum atomic E-state index is -3.22. The van der Waals surface area contributed by atoms with Gasteiger partial charge < -0.3 is 0 Å². The molecule has 0 amide bonds. The summed E-state index contributed by atoms with van der Waals surface area (Å²) in [5.74, 6) is 0.544.